The molecular formula is C23H27FN6O3. The summed E-state index contributed by atoms with van der Waals surface area (Å²) in [4.78, 5) is 31.4. The van der Waals surface area contributed by atoms with Crippen molar-refractivity contribution in [2.75, 3.05) is 30.4 Å². The summed E-state index contributed by atoms with van der Waals surface area (Å²) in [6.45, 7) is 5.94. The third-order valence-corrected chi connectivity index (χ3v) is 5.85. The van der Waals surface area contributed by atoms with Crippen molar-refractivity contribution in [1.82, 2.24) is 19.9 Å². The second-order valence-electron chi connectivity index (χ2n) is 8.69. The SMILES string of the molecule is COC(=O)c1ncc(C(C)C)c2cc(Nc3ccnc(N4CC[C@@H](O)[C@@](C)(F)C4)n3)ncc12. The highest BCUT2D eigenvalue weighted by atomic mass is 19.1. The summed E-state index contributed by atoms with van der Waals surface area (Å²) in [5.74, 6) is 1.05. The molecule has 33 heavy (non-hydrogen) atoms. The summed E-state index contributed by atoms with van der Waals surface area (Å²) < 4.78 is 19.5. The van der Waals surface area contributed by atoms with Gasteiger partial charge in [-0.3, -0.25) is 0 Å². The van der Waals surface area contributed by atoms with Gasteiger partial charge in [0.05, 0.1) is 19.8 Å². The molecule has 0 aromatic carbocycles. The summed E-state index contributed by atoms with van der Waals surface area (Å²) in [7, 11) is 1.32. The average Bonchev–Trinajstić information content (AvgIpc) is 2.79. The number of aliphatic hydroxyl groups excluding tert-OH is 1. The van der Waals surface area contributed by atoms with Crippen molar-refractivity contribution in [3.05, 3.63) is 42.0 Å². The fourth-order valence-corrected chi connectivity index (χ4v) is 3.95. The van der Waals surface area contributed by atoms with Crippen molar-refractivity contribution in [3.8, 4) is 0 Å². The zero-order valence-electron chi connectivity index (χ0n) is 19.0. The van der Waals surface area contributed by atoms with Crippen LogP contribution in [0.5, 0.6) is 0 Å². The van der Waals surface area contributed by atoms with Crippen molar-refractivity contribution in [2.24, 2.45) is 0 Å². The number of hydrogen-bond donors (Lipinski definition) is 2. The third kappa shape index (κ3) is 4.56. The molecule has 1 fully saturated rings. The van der Waals surface area contributed by atoms with E-state index in [1.54, 1.807) is 29.6 Å². The van der Waals surface area contributed by atoms with Crippen LogP contribution in [0.1, 0.15) is 49.2 Å². The first-order valence-electron chi connectivity index (χ1n) is 10.8. The molecule has 0 amide bonds. The molecular weight excluding hydrogens is 427 g/mol. The first-order chi connectivity index (χ1) is 15.7. The van der Waals surface area contributed by atoms with E-state index < -0.39 is 17.7 Å². The second-order valence-corrected chi connectivity index (χ2v) is 8.69. The Hall–Kier alpha value is -3.40. The van der Waals surface area contributed by atoms with Gasteiger partial charge >= 0.3 is 5.97 Å². The number of piperidine rings is 1. The quantitative estimate of drug-likeness (QED) is 0.560. The minimum absolute atomic E-state index is 0.00684. The summed E-state index contributed by atoms with van der Waals surface area (Å²) in [5.41, 5.74) is -0.550. The Morgan fingerprint density at radius 2 is 2.06 bits per heavy atom. The summed E-state index contributed by atoms with van der Waals surface area (Å²) in [6.07, 6.45) is 4.16. The van der Waals surface area contributed by atoms with E-state index in [1.165, 1.54) is 14.0 Å². The predicted molar refractivity (Wildman–Crippen MR) is 123 cm³/mol. The molecule has 10 heteroatoms. The van der Waals surface area contributed by atoms with Crippen molar-refractivity contribution < 1.29 is 19.0 Å². The first-order valence-corrected chi connectivity index (χ1v) is 10.8. The van der Waals surface area contributed by atoms with E-state index in [0.717, 1.165) is 10.9 Å². The summed E-state index contributed by atoms with van der Waals surface area (Å²) in [5, 5.41) is 14.5. The Morgan fingerprint density at radius 1 is 1.27 bits per heavy atom. The van der Waals surface area contributed by atoms with Crippen LogP contribution in [0.25, 0.3) is 10.8 Å². The number of alkyl halides is 1. The van der Waals surface area contributed by atoms with E-state index in [9.17, 15) is 14.3 Å². The van der Waals surface area contributed by atoms with Crippen molar-refractivity contribution in [1.29, 1.82) is 0 Å². The molecule has 0 saturated carbocycles. The number of esters is 1. The van der Waals surface area contributed by atoms with Gasteiger partial charge in [0, 0.05) is 30.5 Å². The average molecular weight is 455 g/mol. The van der Waals surface area contributed by atoms with Gasteiger partial charge in [-0.1, -0.05) is 13.8 Å². The lowest BCUT2D eigenvalue weighted by molar-refractivity contribution is -0.00860. The first kappa shape index (κ1) is 22.8. The molecule has 0 unspecified atom stereocenters. The largest absolute Gasteiger partial charge is 0.464 e. The Morgan fingerprint density at radius 3 is 2.76 bits per heavy atom. The van der Waals surface area contributed by atoms with Gasteiger partial charge < -0.3 is 20.1 Å². The number of halogens is 1. The van der Waals surface area contributed by atoms with Gasteiger partial charge in [0.15, 0.2) is 11.4 Å². The lowest BCUT2D eigenvalue weighted by atomic mass is 9.94. The molecule has 4 heterocycles. The van der Waals surface area contributed by atoms with Gasteiger partial charge in [-0.25, -0.2) is 24.1 Å². The minimum Gasteiger partial charge on any atom is -0.464 e. The van der Waals surface area contributed by atoms with E-state index in [1.807, 2.05) is 19.9 Å². The zero-order chi connectivity index (χ0) is 23.8. The van der Waals surface area contributed by atoms with Crippen LogP contribution < -0.4 is 10.2 Å². The van der Waals surface area contributed by atoms with Crippen LogP contribution >= 0.6 is 0 Å². The smallest absolute Gasteiger partial charge is 0.357 e. The van der Waals surface area contributed by atoms with Crippen LogP contribution in [0.3, 0.4) is 0 Å². The van der Waals surface area contributed by atoms with Crippen LogP contribution in [-0.2, 0) is 4.74 Å². The number of rotatable bonds is 5. The molecule has 0 spiro atoms. The number of hydrogen-bond acceptors (Lipinski definition) is 9. The van der Waals surface area contributed by atoms with Crippen LogP contribution in [0.4, 0.5) is 22.0 Å². The Bertz CT molecular complexity index is 1190. The lowest BCUT2D eigenvalue weighted by Crippen LogP contribution is -2.52. The van der Waals surface area contributed by atoms with Crippen LogP contribution in [0, 0.1) is 0 Å². The monoisotopic (exact) mass is 454 g/mol. The Balaban J connectivity index is 1.65. The number of pyridine rings is 2. The molecule has 4 rings (SSSR count). The highest BCUT2D eigenvalue weighted by Crippen LogP contribution is 2.30. The highest BCUT2D eigenvalue weighted by molar-refractivity contribution is 6.04. The molecule has 9 nitrogen and oxygen atoms in total. The van der Waals surface area contributed by atoms with Gasteiger partial charge in [-0.05, 0) is 42.3 Å². The van der Waals surface area contributed by atoms with Crippen LogP contribution in [0.2, 0.25) is 0 Å². The molecule has 1 aliphatic heterocycles. The van der Waals surface area contributed by atoms with Crippen LogP contribution in [0.15, 0.2) is 30.7 Å². The summed E-state index contributed by atoms with van der Waals surface area (Å²) in [6, 6.07) is 3.54. The van der Waals surface area contributed by atoms with Crippen molar-refractivity contribution in [2.45, 2.75) is 44.9 Å². The molecule has 3 aromatic rings. The molecule has 0 bridgehead atoms. The number of ether oxygens (including phenoxy) is 1. The minimum atomic E-state index is -1.73. The van der Waals surface area contributed by atoms with Crippen LogP contribution in [-0.4, -0.2) is 63.0 Å². The van der Waals surface area contributed by atoms with Gasteiger partial charge in [0.1, 0.15) is 11.6 Å². The maximum atomic E-state index is 14.6. The topological polar surface area (TPSA) is 113 Å². The van der Waals surface area contributed by atoms with Crippen molar-refractivity contribution >= 4 is 34.3 Å². The Labute approximate surface area is 191 Å². The van der Waals surface area contributed by atoms with Gasteiger partial charge in [0.25, 0.3) is 0 Å². The van der Waals surface area contributed by atoms with Gasteiger partial charge in [-0.15, -0.1) is 0 Å². The van der Waals surface area contributed by atoms with E-state index in [0.29, 0.717) is 35.9 Å². The molecule has 2 atom stereocenters. The molecule has 1 aliphatic rings. The molecule has 174 valence electrons. The number of nitrogens with one attached hydrogen (secondary N) is 1. The number of carbonyl (C=O) groups excluding carboxylic acids is 1. The molecule has 2 N–H and O–H groups in total. The standard InChI is InChI=1S/C23H27FN6O3/c1-13(2)15-10-27-20(21(32)33-4)16-11-26-19(9-14(15)16)28-18-5-7-25-22(29-18)30-8-6-17(31)23(3,24)12-30/h5,7,9-11,13,17,31H,6,8,12H2,1-4H3,(H,25,26,28,29)/t17-,23+/m1/s1. The highest BCUT2D eigenvalue weighted by Gasteiger charge is 2.39. The number of fused-ring (bicyclic) bond motifs is 1. The van der Waals surface area contributed by atoms with E-state index in [-0.39, 0.29) is 18.2 Å². The fourth-order valence-electron chi connectivity index (χ4n) is 3.95. The van der Waals surface area contributed by atoms with Gasteiger partial charge in [0.2, 0.25) is 5.95 Å². The van der Waals surface area contributed by atoms with Gasteiger partial charge in [-0.2, -0.15) is 4.98 Å². The number of aromatic nitrogens is 4. The number of methoxy groups -OCH3 is 1. The summed E-state index contributed by atoms with van der Waals surface area (Å²) >= 11 is 0. The lowest BCUT2D eigenvalue weighted by Gasteiger charge is -2.38. The molecule has 0 aliphatic carbocycles. The molecule has 0 radical (unpaired) electrons. The molecule has 1 saturated heterocycles. The maximum Gasteiger partial charge on any atom is 0.357 e. The predicted octanol–water partition coefficient (Wildman–Crippen LogP) is 3.37. The zero-order valence-corrected chi connectivity index (χ0v) is 19.0. The van der Waals surface area contributed by atoms with E-state index in [2.05, 4.69) is 25.3 Å². The second kappa shape index (κ2) is 8.86. The number of carbonyl (C=O) groups is 1. The fraction of sp³-hybridized carbons (Fsp3) is 0.435. The number of anilines is 3. The van der Waals surface area contributed by atoms with E-state index >= 15 is 0 Å². The maximum absolute atomic E-state index is 14.6. The number of nitrogens with zero attached hydrogens (tertiary/aromatic N) is 5. The molecule has 3 aromatic heterocycles. The Kier molecular flexibility index (Phi) is 6.11. The van der Waals surface area contributed by atoms with Crippen molar-refractivity contribution in [3.63, 3.8) is 0 Å². The third-order valence-electron chi connectivity index (χ3n) is 5.85. The van der Waals surface area contributed by atoms with E-state index in [4.69, 9.17) is 4.74 Å². The number of aliphatic hydroxyl groups is 1. The normalized spacial score (nSPS) is 20.8.